The molecule has 3 rings (SSSR count). The molecule has 0 aliphatic carbocycles. The number of nitrogens with one attached hydrogen (secondary N) is 1. The van der Waals surface area contributed by atoms with E-state index in [0.29, 0.717) is 29.6 Å². The zero-order valence-electron chi connectivity index (χ0n) is 11.2. The molecule has 1 aromatic heterocycles. The van der Waals surface area contributed by atoms with E-state index < -0.39 is 0 Å². The lowest BCUT2D eigenvalue weighted by Gasteiger charge is -2.17. The van der Waals surface area contributed by atoms with E-state index in [2.05, 4.69) is 10.3 Å². The third-order valence-corrected chi connectivity index (χ3v) is 3.77. The Morgan fingerprint density at radius 1 is 1.48 bits per heavy atom. The first kappa shape index (κ1) is 14.1. The molecule has 3 N–H and O–H groups in total. The van der Waals surface area contributed by atoms with Crippen LogP contribution in [0, 0.1) is 5.92 Å². The van der Waals surface area contributed by atoms with Crippen LogP contribution in [0.15, 0.2) is 36.9 Å². The maximum atomic E-state index is 12.3. The van der Waals surface area contributed by atoms with E-state index in [-0.39, 0.29) is 17.9 Å². The lowest BCUT2D eigenvalue weighted by molar-refractivity contribution is -0.120. The van der Waals surface area contributed by atoms with Crippen molar-refractivity contribution < 1.29 is 9.53 Å². The lowest BCUT2D eigenvalue weighted by Crippen LogP contribution is -2.37. The summed E-state index contributed by atoms with van der Waals surface area (Å²) in [5.41, 5.74) is 7.16. The molecular weight excluding hydrogens is 292 g/mol. The van der Waals surface area contributed by atoms with Gasteiger partial charge in [0.1, 0.15) is 0 Å². The van der Waals surface area contributed by atoms with Gasteiger partial charge in [0.2, 0.25) is 5.91 Å². The number of carbonyl (C=O) groups excluding carboxylic acids is 1. The van der Waals surface area contributed by atoms with Crippen LogP contribution < -0.4 is 11.1 Å². The van der Waals surface area contributed by atoms with Crippen LogP contribution in [0.25, 0.3) is 5.69 Å². The largest absolute Gasteiger partial charge is 0.379 e. The number of nitrogens with zero attached hydrogens (tertiary/aromatic N) is 2. The summed E-state index contributed by atoms with van der Waals surface area (Å²) < 4.78 is 6.98. The van der Waals surface area contributed by atoms with E-state index in [1.165, 1.54) is 0 Å². The molecule has 1 aliphatic heterocycles. The van der Waals surface area contributed by atoms with Crippen LogP contribution in [0.4, 0.5) is 5.69 Å². The SMILES string of the molecule is NC1COCC1C(=O)Nc1cccc(Cl)c1-n1ccnc1. The number of hydrogen-bond acceptors (Lipinski definition) is 4. The van der Waals surface area contributed by atoms with Gasteiger partial charge in [-0.05, 0) is 12.1 Å². The van der Waals surface area contributed by atoms with Gasteiger partial charge in [0.05, 0.1) is 41.9 Å². The average molecular weight is 307 g/mol. The summed E-state index contributed by atoms with van der Waals surface area (Å²) in [7, 11) is 0. The van der Waals surface area contributed by atoms with Gasteiger partial charge in [-0.3, -0.25) is 4.79 Å². The van der Waals surface area contributed by atoms with Gasteiger partial charge in [-0.25, -0.2) is 4.98 Å². The molecular formula is C14H15ClN4O2. The molecule has 1 saturated heterocycles. The van der Waals surface area contributed by atoms with Crippen LogP contribution >= 0.6 is 11.6 Å². The molecule has 1 amide bonds. The molecule has 21 heavy (non-hydrogen) atoms. The highest BCUT2D eigenvalue weighted by atomic mass is 35.5. The predicted molar refractivity (Wildman–Crippen MR) is 79.5 cm³/mol. The first-order chi connectivity index (χ1) is 10.2. The van der Waals surface area contributed by atoms with Crippen molar-refractivity contribution in [1.82, 2.24) is 9.55 Å². The Labute approximate surface area is 126 Å². The van der Waals surface area contributed by atoms with E-state index in [0.717, 1.165) is 0 Å². The number of para-hydroxylation sites is 1. The van der Waals surface area contributed by atoms with Gasteiger partial charge in [-0.15, -0.1) is 0 Å². The fraction of sp³-hybridized carbons (Fsp3) is 0.286. The number of hydrogen-bond donors (Lipinski definition) is 2. The topological polar surface area (TPSA) is 82.2 Å². The minimum Gasteiger partial charge on any atom is -0.379 e. The maximum absolute atomic E-state index is 12.3. The van der Waals surface area contributed by atoms with Crippen molar-refractivity contribution in [3.05, 3.63) is 41.9 Å². The smallest absolute Gasteiger partial charge is 0.231 e. The molecule has 2 aromatic rings. The number of amides is 1. The normalized spacial score (nSPS) is 21.4. The molecule has 0 saturated carbocycles. The Balaban J connectivity index is 1.89. The minimum absolute atomic E-state index is 0.163. The molecule has 1 aromatic carbocycles. The maximum Gasteiger partial charge on any atom is 0.231 e. The van der Waals surface area contributed by atoms with Crippen LogP contribution in [0.1, 0.15) is 0 Å². The Morgan fingerprint density at radius 2 is 2.33 bits per heavy atom. The van der Waals surface area contributed by atoms with Crippen molar-refractivity contribution in [2.75, 3.05) is 18.5 Å². The highest BCUT2D eigenvalue weighted by Gasteiger charge is 2.31. The fourth-order valence-corrected chi connectivity index (χ4v) is 2.61. The van der Waals surface area contributed by atoms with Crippen LogP contribution in [0.5, 0.6) is 0 Å². The molecule has 2 atom stereocenters. The molecule has 0 radical (unpaired) electrons. The highest BCUT2D eigenvalue weighted by Crippen LogP contribution is 2.29. The summed E-state index contributed by atoms with van der Waals surface area (Å²) in [6, 6.07) is 5.06. The van der Waals surface area contributed by atoms with Crippen LogP contribution in [0.2, 0.25) is 5.02 Å². The summed E-state index contributed by atoms with van der Waals surface area (Å²) in [4.78, 5) is 16.3. The van der Waals surface area contributed by atoms with Crippen molar-refractivity contribution in [3.8, 4) is 5.69 Å². The highest BCUT2D eigenvalue weighted by molar-refractivity contribution is 6.33. The molecule has 110 valence electrons. The molecule has 6 nitrogen and oxygen atoms in total. The second-order valence-electron chi connectivity index (χ2n) is 4.90. The van der Waals surface area contributed by atoms with E-state index in [1.54, 1.807) is 41.5 Å². The van der Waals surface area contributed by atoms with E-state index in [1.807, 2.05) is 0 Å². The van der Waals surface area contributed by atoms with E-state index in [9.17, 15) is 4.79 Å². The molecule has 0 bridgehead atoms. The molecule has 2 unspecified atom stereocenters. The number of imidazole rings is 1. The second-order valence-corrected chi connectivity index (χ2v) is 5.31. The first-order valence-corrected chi connectivity index (χ1v) is 6.95. The minimum atomic E-state index is -0.348. The quantitative estimate of drug-likeness (QED) is 0.899. The second kappa shape index (κ2) is 5.85. The van der Waals surface area contributed by atoms with Gasteiger partial charge in [-0.2, -0.15) is 0 Å². The standard InChI is InChI=1S/C14H15ClN4O2/c15-10-2-1-3-12(13(10)19-5-4-17-8-19)18-14(20)9-6-21-7-11(9)16/h1-5,8-9,11H,6-7,16H2,(H,18,20). The average Bonchev–Trinajstić information content (AvgIpc) is 3.10. The molecule has 2 heterocycles. The van der Waals surface area contributed by atoms with Gasteiger partial charge in [0, 0.05) is 18.4 Å². The van der Waals surface area contributed by atoms with Crippen LogP contribution in [-0.4, -0.2) is 34.7 Å². The zero-order valence-corrected chi connectivity index (χ0v) is 12.0. The molecule has 0 spiro atoms. The van der Waals surface area contributed by atoms with Gasteiger partial charge in [0.25, 0.3) is 0 Å². The number of ether oxygens (including phenoxy) is 1. The van der Waals surface area contributed by atoms with Gasteiger partial charge >= 0.3 is 0 Å². The van der Waals surface area contributed by atoms with Crippen molar-refractivity contribution in [2.24, 2.45) is 11.7 Å². The third kappa shape index (κ3) is 2.78. The number of halogens is 1. The summed E-state index contributed by atoms with van der Waals surface area (Å²) in [5, 5.41) is 3.41. The number of benzene rings is 1. The number of aromatic nitrogens is 2. The Bertz CT molecular complexity index is 644. The summed E-state index contributed by atoms with van der Waals surface area (Å²) in [6.07, 6.45) is 5.04. The van der Waals surface area contributed by atoms with Gasteiger partial charge in [0.15, 0.2) is 0 Å². The van der Waals surface area contributed by atoms with Gasteiger partial charge in [-0.1, -0.05) is 17.7 Å². The predicted octanol–water partition coefficient (Wildman–Crippen LogP) is 1.44. The first-order valence-electron chi connectivity index (χ1n) is 6.58. The molecule has 1 fully saturated rings. The zero-order chi connectivity index (χ0) is 14.8. The van der Waals surface area contributed by atoms with Crippen molar-refractivity contribution in [3.63, 3.8) is 0 Å². The van der Waals surface area contributed by atoms with Crippen molar-refractivity contribution in [1.29, 1.82) is 0 Å². The summed E-state index contributed by atoms with van der Waals surface area (Å²) >= 11 is 6.24. The Hall–Kier alpha value is -1.89. The van der Waals surface area contributed by atoms with Crippen molar-refractivity contribution in [2.45, 2.75) is 6.04 Å². The Morgan fingerprint density at radius 3 is 3.00 bits per heavy atom. The summed E-state index contributed by atoms with van der Waals surface area (Å²) in [6.45, 7) is 0.746. The van der Waals surface area contributed by atoms with E-state index >= 15 is 0 Å². The van der Waals surface area contributed by atoms with Crippen LogP contribution in [0.3, 0.4) is 0 Å². The molecule has 1 aliphatic rings. The van der Waals surface area contributed by atoms with Crippen LogP contribution in [-0.2, 0) is 9.53 Å². The van der Waals surface area contributed by atoms with Crippen molar-refractivity contribution >= 4 is 23.2 Å². The lowest BCUT2D eigenvalue weighted by atomic mass is 10.0. The number of nitrogens with two attached hydrogens (primary N) is 1. The number of anilines is 1. The van der Waals surface area contributed by atoms with E-state index in [4.69, 9.17) is 22.1 Å². The van der Waals surface area contributed by atoms with Gasteiger partial charge < -0.3 is 20.4 Å². The number of rotatable bonds is 3. The Kier molecular flexibility index (Phi) is 3.92. The monoisotopic (exact) mass is 306 g/mol. The molecule has 7 heteroatoms. The summed E-state index contributed by atoms with van der Waals surface area (Å²) in [5.74, 6) is -0.511. The fourth-order valence-electron chi connectivity index (χ4n) is 2.34. The number of carbonyl (C=O) groups is 1. The third-order valence-electron chi connectivity index (χ3n) is 3.47.